The molecule has 4 rings (SSSR count). The van der Waals surface area contributed by atoms with E-state index in [-0.39, 0.29) is 5.91 Å². The Morgan fingerprint density at radius 2 is 1.68 bits per heavy atom. The molecule has 0 saturated carbocycles. The minimum Gasteiger partial charge on any atom is -0.372 e. The molecule has 2 aliphatic heterocycles. The molecule has 0 unspecified atom stereocenters. The van der Waals surface area contributed by atoms with Gasteiger partial charge in [-0.05, 0) is 49.7 Å². The van der Waals surface area contributed by atoms with Crippen molar-refractivity contribution in [2.24, 2.45) is 0 Å². The molecule has 2 fully saturated rings. The molecule has 28 heavy (non-hydrogen) atoms. The van der Waals surface area contributed by atoms with Crippen LogP contribution in [0.15, 0.2) is 36.5 Å². The third kappa shape index (κ3) is 4.25. The normalized spacial score (nSPS) is 17.8. The van der Waals surface area contributed by atoms with E-state index >= 15 is 0 Å². The summed E-state index contributed by atoms with van der Waals surface area (Å²) in [5.41, 5.74) is 2.39. The van der Waals surface area contributed by atoms with Gasteiger partial charge in [-0.25, -0.2) is 9.97 Å². The lowest BCUT2D eigenvalue weighted by Crippen LogP contribution is -2.46. The number of hydrogen-bond acceptors (Lipinski definition) is 6. The predicted molar refractivity (Wildman–Crippen MR) is 112 cm³/mol. The number of rotatable bonds is 5. The minimum atomic E-state index is -0.204. The number of anilines is 3. The van der Waals surface area contributed by atoms with Crippen molar-refractivity contribution in [3.05, 3.63) is 42.2 Å². The van der Waals surface area contributed by atoms with Crippen molar-refractivity contribution in [1.82, 2.24) is 14.9 Å². The summed E-state index contributed by atoms with van der Waals surface area (Å²) in [6.45, 7) is 9.24. The van der Waals surface area contributed by atoms with Crippen LogP contribution in [0.2, 0.25) is 0 Å². The van der Waals surface area contributed by atoms with E-state index in [4.69, 9.17) is 0 Å². The van der Waals surface area contributed by atoms with Crippen LogP contribution in [0.1, 0.15) is 30.3 Å². The summed E-state index contributed by atoms with van der Waals surface area (Å²) >= 11 is 0. The first-order valence-electron chi connectivity index (χ1n) is 10.2. The summed E-state index contributed by atoms with van der Waals surface area (Å²) in [6, 6.07) is 9.72. The van der Waals surface area contributed by atoms with Crippen molar-refractivity contribution >= 4 is 23.2 Å². The van der Waals surface area contributed by atoms with Gasteiger partial charge in [-0.2, -0.15) is 0 Å². The summed E-state index contributed by atoms with van der Waals surface area (Å²) in [5.74, 6) is 0.428. The highest BCUT2D eigenvalue weighted by Gasteiger charge is 2.19. The first-order valence-corrected chi connectivity index (χ1v) is 10.2. The van der Waals surface area contributed by atoms with E-state index in [2.05, 4.69) is 49.0 Å². The van der Waals surface area contributed by atoms with Crippen LogP contribution < -0.4 is 15.1 Å². The molecule has 148 valence electrons. The zero-order valence-electron chi connectivity index (χ0n) is 16.5. The summed E-state index contributed by atoms with van der Waals surface area (Å²) in [4.78, 5) is 28.4. The lowest BCUT2D eigenvalue weighted by atomic mass is 10.2. The maximum Gasteiger partial charge on any atom is 0.274 e. The highest BCUT2D eigenvalue weighted by Crippen LogP contribution is 2.22. The summed E-state index contributed by atoms with van der Waals surface area (Å²) in [5, 5.41) is 2.95. The fourth-order valence-electron chi connectivity index (χ4n) is 3.82. The van der Waals surface area contributed by atoms with Crippen LogP contribution in [0.25, 0.3) is 0 Å². The van der Waals surface area contributed by atoms with Crippen molar-refractivity contribution < 1.29 is 4.79 Å². The van der Waals surface area contributed by atoms with Gasteiger partial charge in [0, 0.05) is 56.8 Å². The largest absolute Gasteiger partial charge is 0.372 e. The van der Waals surface area contributed by atoms with Crippen LogP contribution >= 0.6 is 0 Å². The lowest BCUT2D eigenvalue weighted by molar-refractivity contribution is 0.102. The Morgan fingerprint density at radius 3 is 2.36 bits per heavy atom. The molecule has 0 bridgehead atoms. The molecule has 0 aliphatic carbocycles. The average molecular weight is 380 g/mol. The number of benzene rings is 1. The Balaban J connectivity index is 1.39. The number of carbonyl (C=O) groups is 1. The predicted octanol–water partition coefficient (Wildman–Crippen LogP) is 2.47. The third-order valence-electron chi connectivity index (χ3n) is 5.57. The fraction of sp³-hybridized carbons (Fsp3) is 0.476. The highest BCUT2D eigenvalue weighted by atomic mass is 16.1. The number of likely N-dealkylation sites (N-methyl/N-ethyl adjacent to an activating group) is 1. The van der Waals surface area contributed by atoms with Gasteiger partial charge in [0.25, 0.3) is 5.91 Å². The van der Waals surface area contributed by atoms with Gasteiger partial charge in [-0.1, -0.05) is 6.92 Å². The number of nitrogens with zero attached hydrogens (tertiary/aromatic N) is 5. The second-order valence-corrected chi connectivity index (χ2v) is 7.36. The van der Waals surface area contributed by atoms with Gasteiger partial charge in [0.2, 0.25) is 5.95 Å². The van der Waals surface area contributed by atoms with Gasteiger partial charge in [-0.15, -0.1) is 0 Å². The molecular weight excluding hydrogens is 352 g/mol. The molecule has 1 aromatic carbocycles. The molecule has 7 nitrogen and oxygen atoms in total. The number of amides is 1. The molecule has 2 aromatic rings. The summed E-state index contributed by atoms with van der Waals surface area (Å²) in [6.07, 6.45) is 4.17. The van der Waals surface area contributed by atoms with Crippen molar-refractivity contribution in [3.63, 3.8) is 0 Å². The van der Waals surface area contributed by atoms with Crippen molar-refractivity contribution in [1.29, 1.82) is 0 Å². The van der Waals surface area contributed by atoms with E-state index in [0.717, 1.165) is 51.5 Å². The molecule has 2 aliphatic rings. The van der Waals surface area contributed by atoms with Crippen LogP contribution in [-0.2, 0) is 0 Å². The van der Waals surface area contributed by atoms with Gasteiger partial charge in [0.05, 0.1) is 0 Å². The molecule has 7 heteroatoms. The van der Waals surface area contributed by atoms with Gasteiger partial charge >= 0.3 is 0 Å². The number of nitrogens with one attached hydrogen (secondary N) is 1. The minimum absolute atomic E-state index is 0.204. The molecule has 1 N–H and O–H groups in total. The lowest BCUT2D eigenvalue weighted by Gasteiger charge is -2.34. The van der Waals surface area contributed by atoms with Crippen LogP contribution in [-0.4, -0.2) is 66.6 Å². The first kappa shape index (κ1) is 18.7. The standard InChI is InChI=1S/C21H28N6O/c1-2-25-13-15-27(16-14-25)21-22-10-9-19(24-21)20(28)23-17-5-7-18(8-6-17)26-11-3-4-12-26/h5-10H,2-4,11-16H2,1H3,(H,23,28). The molecule has 0 spiro atoms. The van der Waals surface area contributed by atoms with E-state index in [1.807, 2.05) is 12.1 Å². The summed E-state index contributed by atoms with van der Waals surface area (Å²) in [7, 11) is 0. The Bertz CT molecular complexity index is 795. The van der Waals surface area contributed by atoms with Crippen molar-refractivity contribution in [2.75, 3.05) is 60.9 Å². The van der Waals surface area contributed by atoms with Crippen molar-refractivity contribution in [3.8, 4) is 0 Å². The van der Waals surface area contributed by atoms with Gasteiger partial charge in [0.1, 0.15) is 5.69 Å². The maximum atomic E-state index is 12.7. The topological polar surface area (TPSA) is 64.6 Å². The Labute approximate surface area is 166 Å². The molecule has 0 atom stereocenters. The molecule has 2 saturated heterocycles. The van der Waals surface area contributed by atoms with Crippen LogP contribution in [0, 0.1) is 0 Å². The van der Waals surface area contributed by atoms with Crippen molar-refractivity contribution in [2.45, 2.75) is 19.8 Å². The highest BCUT2D eigenvalue weighted by molar-refractivity contribution is 6.03. The van der Waals surface area contributed by atoms with E-state index in [1.165, 1.54) is 18.5 Å². The van der Waals surface area contributed by atoms with Crippen LogP contribution in [0.5, 0.6) is 0 Å². The Kier molecular flexibility index (Phi) is 5.71. The zero-order chi connectivity index (χ0) is 19.3. The Hall–Kier alpha value is -2.67. The fourth-order valence-corrected chi connectivity index (χ4v) is 3.82. The van der Waals surface area contributed by atoms with E-state index < -0.39 is 0 Å². The van der Waals surface area contributed by atoms with Gasteiger partial charge in [0.15, 0.2) is 0 Å². The first-order chi connectivity index (χ1) is 13.7. The molecule has 1 aromatic heterocycles. The monoisotopic (exact) mass is 380 g/mol. The molecular formula is C21H28N6O. The van der Waals surface area contributed by atoms with E-state index in [9.17, 15) is 4.79 Å². The van der Waals surface area contributed by atoms with E-state index in [0.29, 0.717) is 11.6 Å². The number of hydrogen-bond donors (Lipinski definition) is 1. The van der Waals surface area contributed by atoms with Crippen LogP contribution in [0.3, 0.4) is 0 Å². The smallest absolute Gasteiger partial charge is 0.274 e. The van der Waals surface area contributed by atoms with E-state index in [1.54, 1.807) is 12.3 Å². The number of aromatic nitrogens is 2. The Morgan fingerprint density at radius 1 is 0.964 bits per heavy atom. The second kappa shape index (κ2) is 8.56. The SMILES string of the molecule is CCN1CCN(c2nccc(C(=O)Nc3ccc(N4CCCC4)cc3)n2)CC1. The maximum absolute atomic E-state index is 12.7. The molecule has 0 radical (unpaired) electrons. The molecule has 3 heterocycles. The number of carbonyl (C=O) groups excluding carboxylic acids is 1. The van der Waals surface area contributed by atoms with Gasteiger partial charge in [-0.3, -0.25) is 4.79 Å². The second-order valence-electron chi connectivity index (χ2n) is 7.36. The number of piperazine rings is 1. The third-order valence-corrected chi connectivity index (χ3v) is 5.57. The average Bonchev–Trinajstić information content (AvgIpc) is 3.29. The van der Waals surface area contributed by atoms with Gasteiger partial charge < -0.3 is 20.0 Å². The zero-order valence-corrected chi connectivity index (χ0v) is 16.5. The summed E-state index contributed by atoms with van der Waals surface area (Å²) < 4.78 is 0. The molecule has 1 amide bonds. The quantitative estimate of drug-likeness (QED) is 0.860. The van der Waals surface area contributed by atoms with Crippen LogP contribution in [0.4, 0.5) is 17.3 Å².